The van der Waals surface area contributed by atoms with Gasteiger partial charge in [-0.1, -0.05) is 35.5 Å². The third-order valence-electron chi connectivity index (χ3n) is 2.75. The van der Waals surface area contributed by atoms with Gasteiger partial charge in [0.05, 0.1) is 11.8 Å². The van der Waals surface area contributed by atoms with Crippen LogP contribution in [-0.2, 0) is 17.9 Å². The minimum atomic E-state index is -0.0723. The Morgan fingerprint density at radius 2 is 2.05 bits per heavy atom. The van der Waals surface area contributed by atoms with Gasteiger partial charge in [0, 0.05) is 12.6 Å². The molecule has 5 heteroatoms. The number of nitrogens with zero attached hydrogens (tertiary/aromatic N) is 2. The fraction of sp³-hybridized carbons (Fsp3) is 0.133. The Morgan fingerprint density at radius 1 is 1.25 bits per heavy atom. The van der Waals surface area contributed by atoms with Crippen molar-refractivity contribution in [2.45, 2.75) is 13.1 Å². The van der Waals surface area contributed by atoms with Crippen LogP contribution in [0, 0.1) is 0 Å². The third-order valence-corrected chi connectivity index (χ3v) is 2.75. The van der Waals surface area contributed by atoms with Crippen LogP contribution in [0.1, 0.15) is 11.1 Å². The van der Waals surface area contributed by atoms with Gasteiger partial charge in [-0.2, -0.15) is 4.57 Å². The van der Waals surface area contributed by atoms with Gasteiger partial charge >= 0.3 is 0 Å². The number of rotatable bonds is 5. The van der Waals surface area contributed by atoms with Gasteiger partial charge in [0.25, 0.3) is 5.91 Å². The first-order valence-corrected chi connectivity index (χ1v) is 6.25. The Labute approximate surface area is 117 Å². The summed E-state index contributed by atoms with van der Waals surface area (Å²) in [6.45, 7) is 0.734. The molecular formula is C15H16N3O2+. The second-order valence-electron chi connectivity index (χ2n) is 4.32. The molecule has 5 nitrogen and oxygen atoms in total. The molecule has 2 N–H and O–H groups in total. The van der Waals surface area contributed by atoms with Gasteiger partial charge in [0.15, 0.2) is 12.4 Å². The normalized spacial score (nSPS) is 10.6. The summed E-state index contributed by atoms with van der Waals surface area (Å²) in [5.74, 6) is -0.0723. The first-order valence-electron chi connectivity index (χ1n) is 6.25. The quantitative estimate of drug-likeness (QED) is 0.370. The largest absolute Gasteiger partial charge is 0.411 e. The van der Waals surface area contributed by atoms with E-state index in [1.807, 2.05) is 30.3 Å². The van der Waals surface area contributed by atoms with Crippen molar-refractivity contribution in [3.63, 3.8) is 0 Å². The van der Waals surface area contributed by atoms with Crippen molar-refractivity contribution in [2.75, 3.05) is 0 Å². The van der Waals surface area contributed by atoms with Crippen molar-refractivity contribution in [2.24, 2.45) is 5.16 Å². The van der Waals surface area contributed by atoms with E-state index in [4.69, 9.17) is 5.21 Å². The van der Waals surface area contributed by atoms with Crippen LogP contribution in [-0.4, -0.2) is 17.3 Å². The number of carbonyl (C=O) groups is 1. The van der Waals surface area contributed by atoms with Crippen LogP contribution < -0.4 is 9.88 Å². The van der Waals surface area contributed by atoms with Crippen molar-refractivity contribution in [1.29, 1.82) is 0 Å². The van der Waals surface area contributed by atoms with Crippen LogP contribution in [0.3, 0.4) is 0 Å². The molecule has 0 radical (unpaired) electrons. The number of amides is 1. The van der Waals surface area contributed by atoms with Gasteiger partial charge in [-0.25, -0.2) is 0 Å². The molecule has 0 spiro atoms. The van der Waals surface area contributed by atoms with Crippen molar-refractivity contribution in [3.8, 4) is 0 Å². The number of aromatic nitrogens is 1. The number of oxime groups is 1. The van der Waals surface area contributed by atoms with E-state index < -0.39 is 0 Å². The standard InChI is InChI=1S/C15H15N3O2/c19-15(16-9-13-5-2-1-3-6-13)12-18-8-4-7-14(11-18)10-17-20/h1-8,10-11H,9,12H2,(H-,16,19,20)/p+1/b17-10-. The van der Waals surface area contributed by atoms with E-state index in [1.165, 1.54) is 6.21 Å². The van der Waals surface area contributed by atoms with Crippen LogP contribution in [0.15, 0.2) is 60.0 Å². The predicted molar refractivity (Wildman–Crippen MR) is 74.3 cm³/mol. The second-order valence-corrected chi connectivity index (χ2v) is 4.32. The zero-order valence-corrected chi connectivity index (χ0v) is 10.9. The monoisotopic (exact) mass is 270 g/mol. The maximum Gasteiger partial charge on any atom is 0.286 e. The molecule has 1 amide bonds. The summed E-state index contributed by atoms with van der Waals surface area (Å²) in [6, 6.07) is 13.3. The molecule has 0 bridgehead atoms. The zero-order valence-electron chi connectivity index (χ0n) is 10.9. The number of nitrogens with one attached hydrogen (secondary N) is 1. The number of pyridine rings is 1. The van der Waals surface area contributed by atoms with E-state index in [0.717, 1.165) is 11.1 Å². The van der Waals surface area contributed by atoms with Crippen molar-refractivity contribution in [3.05, 3.63) is 66.0 Å². The highest BCUT2D eigenvalue weighted by molar-refractivity contribution is 5.78. The van der Waals surface area contributed by atoms with Gasteiger partial charge in [0.1, 0.15) is 0 Å². The Morgan fingerprint density at radius 3 is 2.80 bits per heavy atom. The summed E-state index contributed by atoms with van der Waals surface area (Å²) >= 11 is 0. The highest BCUT2D eigenvalue weighted by atomic mass is 16.4. The number of carbonyl (C=O) groups excluding carboxylic acids is 1. The molecule has 0 aliphatic heterocycles. The lowest BCUT2D eigenvalue weighted by Gasteiger charge is -2.03. The van der Waals surface area contributed by atoms with Crippen molar-refractivity contribution >= 4 is 12.1 Å². The van der Waals surface area contributed by atoms with Crippen LogP contribution in [0.5, 0.6) is 0 Å². The Hall–Kier alpha value is -2.69. The summed E-state index contributed by atoms with van der Waals surface area (Å²) in [5.41, 5.74) is 1.79. The Balaban J connectivity index is 1.89. The van der Waals surface area contributed by atoms with Gasteiger partial charge < -0.3 is 10.5 Å². The molecule has 0 saturated heterocycles. The SMILES string of the molecule is O=C(C[n+]1cccc(/C=N\O)c1)NCc1ccccc1. The van der Waals surface area contributed by atoms with Gasteiger partial charge in [-0.05, 0) is 11.6 Å². The Kier molecular flexibility index (Phi) is 4.83. The smallest absolute Gasteiger partial charge is 0.286 e. The lowest BCUT2D eigenvalue weighted by atomic mass is 10.2. The van der Waals surface area contributed by atoms with Crippen LogP contribution >= 0.6 is 0 Å². The van der Waals surface area contributed by atoms with E-state index in [-0.39, 0.29) is 12.5 Å². The molecule has 0 saturated carbocycles. The molecule has 0 atom stereocenters. The molecule has 1 heterocycles. The fourth-order valence-corrected chi connectivity index (χ4v) is 1.80. The average molecular weight is 270 g/mol. The van der Waals surface area contributed by atoms with Crippen molar-refractivity contribution < 1.29 is 14.6 Å². The number of hydrogen-bond acceptors (Lipinski definition) is 3. The lowest BCUT2D eigenvalue weighted by Crippen LogP contribution is -2.42. The molecule has 0 fully saturated rings. The average Bonchev–Trinajstić information content (AvgIpc) is 2.47. The summed E-state index contributed by atoms with van der Waals surface area (Å²) in [5, 5.41) is 14.3. The molecule has 0 aliphatic rings. The second kappa shape index (κ2) is 7.04. The minimum Gasteiger partial charge on any atom is -0.411 e. The highest BCUT2D eigenvalue weighted by Gasteiger charge is 2.09. The summed E-state index contributed by atoms with van der Waals surface area (Å²) in [6.07, 6.45) is 4.84. The summed E-state index contributed by atoms with van der Waals surface area (Å²) < 4.78 is 1.73. The fourth-order valence-electron chi connectivity index (χ4n) is 1.80. The van der Waals surface area contributed by atoms with Gasteiger partial charge in [0.2, 0.25) is 6.54 Å². The van der Waals surface area contributed by atoms with Crippen LogP contribution in [0.25, 0.3) is 0 Å². The molecule has 0 aliphatic carbocycles. The molecule has 20 heavy (non-hydrogen) atoms. The van der Waals surface area contributed by atoms with E-state index in [2.05, 4.69) is 10.5 Å². The summed E-state index contributed by atoms with van der Waals surface area (Å²) in [7, 11) is 0. The predicted octanol–water partition coefficient (Wildman–Crippen LogP) is 1.10. The molecule has 0 unspecified atom stereocenters. The van der Waals surface area contributed by atoms with Gasteiger partial charge in [-0.3, -0.25) is 4.79 Å². The van der Waals surface area contributed by atoms with Gasteiger partial charge in [-0.15, -0.1) is 0 Å². The van der Waals surface area contributed by atoms with E-state index in [0.29, 0.717) is 6.54 Å². The maximum absolute atomic E-state index is 11.8. The van der Waals surface area contributed by atoms with E-state index in [9.17, 15) is 4.79 Å². The first kappa shape index (κ1) is 13.7. The lowest BCUT2D eigenvalue weighted by molar-refractivity contribution is -0.684. The number of benzene rings is 1. The molecule has 2 aromatic rings. The number of hydrogen-bond donors (Lipinski definition) is 2. The molecule has 1 aromatic heterocycles. The van der Waals surface area contributed by atoms with Crippen molar-refractivity contribution in [1.82, 2.24) is 5.32 Å². The summed E-state index contributed by atoms with van der Waals surface area (Å²) in [4.78, 5) is 11.8. The molecular weight excluding hydrogens is 254 g/mol. The first-order chi connectivity index (χ1) is 9.78. The topological polar surface area (TPSA) is 65.6 Å². The maximum atomic E-state index is 11.8. The van der Waals surface area contributed by atoms with Crippen LogP contribution in [0.2, 0.25) is 0 Å². The highest BCUT2D eigenvalue weighted by Crippen LogP contribution is 1.97. The zero-order chi connectivity index (χ0) is 14.2. The van der Waals surface area contributed by atoms with E-state index >= 15 is 0 Å². The Bertz CT molecular complexity index is 597. The molecule has 1 aromatic carbocycles. The molecule has 2 rings (SSSR count). The minimum absolute atomic E-state index is 0.0723. The molecule has 102 valence electrons. The van der Waals surface area contributed by atoms with E-state index in [1.54, 1.807) is 29.1 Å². The van der Waals surface area contributed by atoms with Crippen LogP contribution in [0.4, 0.5) is 0 Å². The third kappa shape index (κ3) is 4.20.